The summed E-state index contributed by atoms with van der Waals surface area (Å²) in [7, 11) is 0. The van der Waals surface area contributed by atoms with E-state index in [1.54, 1.807) is 0 Å². The van der Waals surface area contributed by atoms with E-state index in [1.807, 2.05) is 59.5 Å². The van der Waals surface area contributed by atoms with Gasteiger partial charge in [-0.1, -0.05) is 78.9 Å². The highest BCUT2D eigenvalue weighted by Gasteiger charge is 2.51. The molecule has 3 heteroatoms. The van der Waals surface area contributed by atoms with Gasteiger partial charge in [0.1, 0.15) is 5.66 Å². The molecule has 3 aromatic carbocycles. The molecule has 0 aliphatic carbocycles. The summed E-state index contributed by atoms with van der Waals surface area (Å²) in [6.45, 7) is 4.82. The summed E-state index contributed by atoms with van der Waals surface area (Å²) in [4.78, 5) is 15.3. The third-order valence-electron chi connectivity index (χ3n) is 5.23. The van der Waals surface area contributed by atoms with Crippen molar-refractivity contribution in [1.82, 2.24) is 10.2 Å². The van der Waals surface area contributed by atoms with Crippen molar-refractivity contribution in [3.63, 3.8) is 0 Å². The lowest BCUT2D eigenvalue weighted by Gasteiger charge is -2.43. The van der Waals surface area contributed by atoms with E-state index in [0.717, 1.165) is 16.7 Å². The molecule has 1 heterocycles. The first-order valence-corrected chi connectivity index (χ1v) is 9.42. The van der Waals surface area contributed by atoms with Crippen molar-refractivity contribution < 1.29 is 4.79 Å². The molecule has 0 bridgehead atoms. The Labute approximate surface area is 160 Å². The second kappa shape index (κ2) is 7.01. The molecular weight excluding hydrogens is 332 g/mol. The van der Waals surface area contributed by atoms with Crippen LogP contribution in [0.1, 0.15) is 40.9 Å². The first kappa shape index (κ1) is 17.5. The second-order valence-corrected chi connectivity index (χ2v) is 7.23. The minimum Gasteiger partial charge on any atom is -0.310 e. The maximum atomic E-state index is 13.3. The van der Waals surface area contributed by atoms with Gasteiger partial charge in [0.25, 0.3) is 5.91 Å². The van der Waals surface area contributed by atoms with Gasteiger partial charge in [0.05, 0.1) is 0 Å². The molecule has 3 aromatic rings. The highest BCUT2D eigenvalue weighted by Crippen LogP contribution is 2.43. The van der Waals surface area contributed by atoms with E-state index >= 15 is 0 Å². The molecule has 1 aliphatic rings. The van der Waals surface area contributed by atoms with Gasteiger partial charge in [-0.25, -0.2) is 0 Å². The molecule has 0 fully saturated rings. The molecule has 1 amide bonds. The molecule has 0 spiro atoms. The van der Waals surface area contributed by atoms with Crippen LogP contribution in [0.3, 0.4) is 0 Å². The number of nitrogens with one attached hydrogen (secondary N) is 1. The van der Waals surface area contributed by atoms with Crippen molar-refractivity contribution in [2.75, 3.05) is 0 Å². The zero-order valence-electron chi connectivity index (χ0n) is 15.7. The van der Waals surface area contributed by atoms with Gasteiger partial charge in [0.2, 0.25) is 0 Å². The molecule has 1 aliphatic heterocycles. The van der Waals surface area contributed by atoms with Gasteiger partial charge in [0.15, 0.2) is 0 Å². The first-order valence-electron chi connectivity index (χ1n) is 9.42. The highest BCUT2D eigenvalue weighted by atomic mass is 16.2. The van der Waals surface area contributed by atoms with Crippen LogP contribution < -0.4 is 5.32 Å². The topological polar surface area (TPSA) is 32.3 Å². The Hall–Kier alpha value is -2.91. The van der Waals surface area contributed by atoms with Gasteiger partial charge in [-0.3, -0.25) is 10.1 Å². The predicted molar refractivity (Wildman–Crippen MR) is 108 cm³/mol. The molecule has 0 radical (unpaired) electrons. The lowest BCUT2D eigenvalue weighted by Crippen LogP contribution is -2.57. The van der Waals surface area contributed by atoms with Crippen LogP contribution in [-0.4, -0.2) is 16.8 Å². The summed E-state index contributed by atoms with van der Waals surface area (Å²) in [5.74, 6) is 0.0741. The Morgan fingerprint density at radius 2 is 1.44 bits per heavy atom. The van der Waals surface area contributed by atoms with Gasteiger partial charge in [0, 0.05) is 23.7 Å². The van der Waals surface area contributed by atoms with E-state index in [9.17, 15) is 4.79 Å². The average Bonchev–Trinajstić information content (AvgIpc) is 2.97. The lowest BCUT2D eigenvalue weighted by atomic mass is 9.89. The summed E-state index contributed by atoms with van der Waals surface area (Å²) in [6.07, 6.45) is 0. The van der Waals surface area contributed by atoms with Crippen LogP contribution in [0.2, 0.25) is 0 Å². The predicted octanol–water partition coefficient (Wildman–Crippen LogP) is 4.54. The molecule has 27 heavy (non-hydrogen) atoms. The van der Waals surface area contributed by atoms with Gasteiger partial charge < -0.3 is 4.90 Å². The summed E-state index contributed by atoms with van der Waals surface area (Å²) < 4.78 is 0. The summed E-state index contributed by atoms with van der Waals surface area (Å²) in [5, 5.41) is 3.75. The summed E-state index contributed by atoms with van der Waals surface area (Å²) in [6, 6.07) is 28.6. The number of amides is 1. The number of nitrogens with zero attached hydrogens (tertiary/aromatic N) is 1. The molecule has 136 valence electrons. The summed E-state index contributed by atoms with van der Waals surface area (Å²) in [5.41, 5.74) is 3.38. The zero-order valence-corrected chi connectivity index (χ0v) is 15.7. The maximum absolute atomic E-state index is 13.3. The van der Waals surface area contributed by atoms with E-state index in [1.165, 1.54) is 5.56 Å². The van der Waals surface area contributed by atoms with E-state index in [4.69, 9.17) is 0 Å². The number of hydrogen-bond acceptors (Lipinski definition) is 2. The minimum absolute atomic E-state index is 0.0494. The molecule has 1 unspecified atom stereocenters. The average molecular weight is 356 g/mol. The third-order valence-corrected chi connectivity index (χ3v) is 5.23. The Balaban J connectivity index is 1.90. The zero-order chi connectivity index (χ0) is 18.9. The fourth-order valence-electron chi connectivity index (χ4n) is 4.10. The quantitative estimate of drug-likeness (QED) is 0.728. The van der Waals surface area contributed by atoms with Crippen LogP contribution >= 0.6 is 0 Å². The number of benzene rings is 3. The van der Waals surface area contributed by atoms with Gasteiger partial charge >= 0.3 is 0 Å². The molecule has 0 saturated carbocycles. The van der Waals surface area contributed by atoms with Crippen LogP contribution in [0.15, 0.2) is 84.9 Å². The molecule has 0 aromatic heterocycles. The van der Waals surface area contributed by atoms with Gasteiger partial charge in [-0.2, -0.15) is 0 Å². The standard InChI is InChI=1S/C24H24N2O/c1-18(2)26-23(27)21-15-9-10-16-22(21)24(26,20-13-7-4-8-14-20)25-17-19-11-5-3-6-12-19/h3-16,18,25H,17H2,1-2H3. The van der Waals surface area contributed by atoms with Crippen molar-refractivity contribution >= 4 is 5.91 Å². The smallest absolute Gasteiger partial charge is 0.256 e. The van der Waals surface area contributed by atoms with Crippen molar-refractivity contribution in [3.8, 4) is 0 Å². The molecular formula is C24H24N2O. The summed E-state index contributed by atoms with van der Waals surface area (Å²) >= 11 is 0. The fourth-order valence-corrected chi connectivity index (χ4v) is 4.10. The van der Waals surface area contributed by atoms with Gasteiger partial charge in [-0.15, -0.1) is 0 Å². The maximum Gasteiger partial charge on any atom is 0.256 e. The Morgan fingerprint density at radius 3 is 2.11 bits per heavy atom. The Bertz CT molecular complexity index is 937. The van der Waals surface area contributed by atoms with E-state index in [0.29, 0.717) is 6.54 Å². The van der Waals surface area contributed by atoms with Crippen molar-refractivity contribution in [2.24, 2.45) is 0 Å². The number of fused-ring (bicyclic) bond motifs is 1. The van der Waals surface area contributed by atoms with Crippen LogP contribution in [0.5, 0.6) is 0 Å². The minimum atomic E-state index is -0.682. The Morgan fingerprint density at radius 1 is 0.852 bits per heavy atom. The van der Waals surface area contributed by atoms with E-state index in [2.05, 4.69) is 49.5 Å². The Kier molecular flexibility index (Phi) is 4.54. The molecule has 4 rings (SSSR count). The highest BCUT2D eigenvalue weighted by molar-refractivity contribution is 6.00. The number of carbonyl (C=O) groups is 1. The number of carbonyl (C=O) groups excluding carboxylic acids is 1. The molecule has 1 N–H and O–H groups in total. The van der Waals surface area contributed by atoms with Gasteiger partial charge in [-0.05, 0) is 31.0 Å². The van der Waals surface area contributed by atoms with Crippen LogP contribution in [0.25, 0.3) is 0 Å². The second-order valence-electron chi connectivity index (χ2n) is 7.23. The molecule has 1 atom stereocenters. The SMILES string of the molecule is CC(C)N1C(=O)c2ccccc2C1(NCc1ccccc1)c1ccccc1. The fraction of sp³-hybridized carbons (Fsp3) is 0.208. The molecule has 0 saturated heterocycles. The number of rotatable bonds is 5. The van der Waals surface area contributed by atoms with Crippen molar-refractivity contribution in [3.05, 3.63) is 107 Å². The normalized spacial score (nSPS) is 18.8. The third kappa shape index (κ3) is 2.84. The number of hydrogen-bond donors (Lipinski definition) is 1. The van der Waals surface area contributed by atoms with E-state index < -0.39 is 5.66 Å². The van der Waals surface area contributed by atoms with Crippen molar-refractivity contribution in [2.45, 2.75) is 32.1 Å². The first-order chi connectivity index (χ1) is 13.1. The lowest BCUT2D eigenvalue weighted by molar-refractivity contribution is 0.0437. The monoisotopic (exact) mass is 356 g/mol. The van der Waals surface area contributed by atoms with Crippen molar-refractivity contribution in [1.29, 1.82) is 0 Å². The largest absolute Gasteiger partial charge is 0.310 e. The van der Waals surface area contributed by atoms with E-state index in [-0.39, 0.29) is 11.9 Å². The van der Waals surface area contributed by atoms with Crippen LogP contribution in [-0.2, 0) is 12.2 Å². The van der Waals surface area contributed by atoms with Crippen LogP contribution in [0.4, 0.5) is 0 Å². The van der Waals surface area contributed by atoms with Crippen LogP contribution in [0, 0.1) is 0 Å². The molecule has 3 nitrogen and oxygen atoms in total.